The number of rotatable bonds is 10. The van der Waals surface area contributed by atoms with Gasteiger partial charge in [0.1, 0.15) is 0 Å². The smallest absolute Gasteiger partial charge is 0.309 e. The molecule has 1 rings (SSSR count). The molecule has 0 saturated heterocycles. The minimum atomic E-state index is -0.555. The minimum Gasteiger partial charge on any atom is -0.465 e. The molecule has 1 saturated carbocycles. The lowest BCUT2D eigenvalue weighted by Crippen LogP contribution is -2.35. The van der Waals surface area contributed by atoms with Gasteiger partial charge in [0.15, 0.2) is 11.6 Å². The molecule has 0 amide bonds. The van der Waals surface area contributed by atoms with Gasteiger partial charge in [0.2, 0.25) is 0 Å². The number of hydrogen-bond acceptors (Lipinski definition) is 6. The first-order valence-electron chi connectivity index (χ1n) is 8.13. The molecular formula is C18H24O6. The predicted molar refractivity (Wildman–Crippen MR) is 87.0 cm³/mol. The molecule has 0 spiro atoms. The first-order valence-corrected chi connectivity index (χ1v) is 8.13. The molecule has 0 aromatic carbocycles. The van der Waals surface area contributed by atoms with Crippen molar-refractivity contribution in [2.75, 3.05) is 13.2 Å². The van der Waals surface area contributed by atoms with Crippen molar-refractivity contribution < 1.29 is 28.7 Å². The van der Waals surface area contributed by atoms with Crippen molar-refractivity contribution in [2.24, 2.45) is 11.8 Å². The van der Waals surface area contributed by atoms with Gasteiger partial charge in [-0.15, -0.1) is 0 Å². The van der Waals surface area contributed by atoms with Crippen LogP contribution in [-0.2, 0) is 28.7 Å². The Morgan fingerprint density at radius 3 is 1.50 bits per heavy atom. The molecule has 6 nitrogen and oxygen atoms in total. The summed E-state index contributed by atoms with van der Waals surface area (Å²) in [5, 5.41) is 0. The Bertz CT molecular complexity index is 462. The Morgan fingerprint density at radius 1 is 0.792 bits per heavy atom. The summed E-state index contributed by atoms with van der Waals surface area (Å²) in [4.78, 5) is 46.6. The number of carbonyl (C=O) groups excluding carboxylic acids is 4. The summed E-state index contributed by atoms with van der Waals surface area (Å²) >= 11 is 0. The standard InChI is InChI=1S/C18H24O6/c1-3-13(19)9-11-23-17(21)15-7-5-6-8-16(15)18(22)24-12-10-14(20)4-2/h3-4,15-16H,1-2,5-12H2. The molecule has 132 valence electrons. The maximum absolute atomic E-state index is 12.2. The number of ether oxygens (including phenoxy) is 2. The fourth-order valence-corrected chi connectivity index (χ4v) is 2.62. The molecule has 1 aliphatic rings. The lowest BCUT2D eigenvalue weighted by Gasteiger charge is -2.28. The first-order chi connectivity index (χ1) is 11.5. The quantitative estimate of drug-likeness (QED) is 0.449. The highest BCUT2D eigenvalue weighted by atomic mass is 16.5. The van der Waals surface area contributed by atoms with Gasteiger partial charge in [-0.1, -0.05) is 26.0 Å². The highest BCUT2D eigenvalue weighted by Crippen LogP contribution is 2.32. The highest BCUT2D eigenvalue weighted by molar-refractivity contribution is 5.90. The average Bonchev–Trinajstić information content (AvgIpc) is 2.60. The molecule has 0 aliphatic heterocycles. The zero-order valence-corrected chi connectivity index (χ0v) is 13.8. The van der Waals surface area contributed by atoms with E-state index >= 15 is 0 Å². The SMILES string of the molecule is C=CC(=O)CCOC(=O)C1CCCCC1C(=O)OCCC(=O)C=C. The summed E-state index contributed by atoms with van der Waals surface area (Å²) in [6.07, 6.45) is 5.31. The molecule has 0 bridgehead atoms. The van der Waals surface area contributed by atoms with E-state index in [-0.39, 0.29) is 37.6 Å². The summed E-state index contributed by atoms with van der Waals surface area (Å²) in [5.74, 6) is -2.46. The normalized spacial score (nSPS) is 19.8. The number of hydrogen-bond donors (Lipinski definition) is 0. The van der Waals surface area contributed by atoms with E-state index < -0.39 is 23.8 Å². The largest absolute Gasteiger partial charge is 0.465 e. The second kappa shape index (κ2) is 10.5. The summed E-state index contributed by atoms with van der Waals surface area (Å²) in [6.45, 7) is 6.66. The van der Waals surface area contributed by atoms with Crippen LogP contribution >= 0.6 is 0 Å². The fourth-order valence-electron chi connectivity index (χ4n) is 2.62. The van der Waals surface area contributed by atoms with Gasteiger partial charge in [0.05, 0.1) is 25.0 Å². The van der Waals surface area contributed by atoms with Crippen LogP contribution in [0.15, 0.2) is 25.3 Å². The number of allylic oxidation sites excluding steroid dienone is 2. The number of ketones is 2. The van der Waals surface area contributed by atoms with Gasteiger partial charge in [-0.3, -0.25) is 19.2 Å². The second-order valence-corrected chi connectivity index (χ2v) is 5.67. The molecule has 0 aromatic heterocycles. The van der Waals surface area contributed by atoms with E-state index in [9.17, 15) is 19.2 Å². The predicted octanol–water partition coefficient (Wildman–Crippen LogP) is 2.17. The summed E-state index contributed by atoms with van der Waals surface area (Å²) < 4.78 is 10.2. The van der Waals surface area contributed by atoms with E-state index in [0.29, 0.717) is 12.8 Å². The van der Waals surface area contributed by atoms with E-state index in [1.165, 1.54) is 12.2 Å². The Kier molecular flexibility index (Phi) is 8.68. The third-order valence-electron chi connectivity index (χ3n) is 4.01. The van der Waals surface area contributed by atoms with Gasteiger partial charge in [-0.05, 0) is 25.0 Å². The molecule has 1 fully saturated rings. The van der Waals surface area contributed by atoms with Gasteiger partial charge >= 0.3 is 11.9 Å². The zero-order valence-electron chi connectivity index (χ0n) is 13.8. The van der Waals surface area contributed by atoms with Gasteiger partial charge in [0, 0.05) is 12.8 Å². The lowest BCUT2D eigenvalue weighted by atomic mass is 9.79. The Morgan fingerprint density at radius 2 is 1.17 bits per heavy atom. The topological polar surface area (TPSA) is 86.7 Å². The molecule has 0 N–H and O–H groups in total. The zero-order chi connectivity index (χ0) is 17.9. The van der Waals surface area contributed by atoms with Crippen molar-refractivity contribution in [2.45, 2.75) is 38.5 Å². The molecule has 2 atom stereocenters. The van der Waals surface area contributed by atoms with Crippen molar-refractivity contribution in [3.63, 3.8) is 0 Å². The molecular weight excluding hydrogens is 312 g/mol. The molecule has 1 aliphatic carbocycles. The molecule has 0 aromatic rings. The van der Waals surface area contributed by atoms with Crippen molar-refractivity contribution in [3.05, 3.63) is 25.3 Å². The Labute approximate surface area is 141 Å². The van der Waals surface area contributed by atoms with Crippen LogP contribution < -0.4 is 0 Å². The summed E-state index contributed by atoms with van der Waals surface area (Å²) in [6, 6.07) is 0. The minimum absolute atomic E-state index is 0.0181. The van der Waals surface area contributed by atoms with Crippen LogP contribution in [0.2, 0.25) is 0 Å². The van der Waals surface area contributed by atoms with Crippen LogP contribution in [-0.4, -0.2) is 36.7 Å². The van der Waals surface area contributed by atoms with Gasteiger partial charge in [-0.2, -0.15) is 0 Å². The van der Waals surface area contributed by atoms with E-state index in [0.717, 1.165) is 12.8 Å². The lowest BCUT2D eigenvalue weighted by molar-refractivity contribution is -0.163. The third kappa shape index (κ3) is 6.48. The summed E-state index contributed by atoms with van der Waals surface area (Å²) in [7, 11) is 0. The average molecular weight is 336 g/mol. The van der Waals surface area contributed by atoms with Gasteiger partial charge < -0.3 is 9.47 Å². The van der Waals surface area contributed by atoms with E-state index in [1.54, 1.807) is 0 Å². The van der Waals surface area contributed by atoms with Crippen molar-refractivity contribution in [1.82, 2.24) is 0 Å². The highest BCUT2D eigenvalue weighted by Gasteiger charge is 2.37. The first kappa shape index (κ1) is 19.8. The second-order valence-electron chi connectivity index (χ2n) is 5.67. The van der Waals surface area contributed by atoms with Crippen LogP contribution in [0.4, 0.5) is 0 Å². The maximum Gasteiger partial charge on any atom is 0.309 e. The van der Waals surface area contributed by atoms with Crippen LogP contribution in [0.5, 0.6) is 0 Å². The van der Waals surface area contributed by atoms with Crippen LogP contribution in [0.25, 0.3) is 0 Å². The maximum atomic E-state index is 12.2. The monoisotopic (exact) mass is 336 g/mol. The Hall–Kier alpha value is -2.24. The molecule has 0 radical (unpaired) electrons. The molecule has 6 heteroatoms. The van der Waals surface area contributed by atoms with E-state index in [4.69, 9.17) is 9.47 Å². The molecule has 24 heavy (non-hydrogen) atoms. The van der Waals surface area contributed by atoms with Crippen molar-refractivity contribution >= 4 is 23.5 Å². The van der Waals surface area contributed by atoms with E-state index in [2.05, 4.69) is 13.2 Å². The van der Waals surface area contributed by atoms with E-state index in [1.807, 2.05) is 0 Å². The van der Waals surface area contributed by atoms with Crippen molar-refractivity contribution in [1.29, 1.82) is 0 Å². The fraction of sp³-hybridized carbons (Fsp3) is 0.556. The van der Waals surface area contributed by atoms with Gasteiger partial charge in [0.25, 0.3) is 0 Å². The van der Waals surface area contributed by atoms with Crippen LogP contribution in [0.1, 0.15) is 38.5 Å². The van der Waals surface area contributed by atoms with Gasteiger partial charge in [-0.25, -0.2) is 0 Å². The van der Waals surface area contributed by atoms with Crippen LogP contribution in [0.3, 0.4) is 0 Å². The van der Waals surface area contributed by atoms with Crippen LogP contribution in [0, 0.1) is 11.8 Å². The number of esters is 2. The Balaban J connectivity index is 2.50. The summed E-state index contributed by atoms with van der Waals surface area (Å²) in [5.41, 5.74) is 0. The van der Waals surface area contributed by atoms with Crippen molar-refractivity contribution in [3.8, 4) is 0 Å². The third-order valence-corrected chi connectivity index (χ3v) is 4.01. The number of carbonyl (C=O) groups is 4. The molecule has 2 unspecified atom stereocenters. The molecule has 0 heterocycles.